The van der Waals surface area contributed by atoms with Gasteiger partial charge in [-0.15, -0.1) is 0 Å². The third kappa shape index (κ3) is 3.64. The molecule has 4 aromatic rings. The Labute approximate surface area is 160 Å². The molecule has 1 aromatic carbocycles. The molecule has 3 heterocycles. The van der Waals surface area contributed by atoms with Crippen molar-refractivity contribution in [2.75, 3.05) is 0 Å². The van der Waals surface area contributed by atoms with E-state index in [4.69, 9.17) is 0 Å². The summed E-state index contributed by atoms with van der Waals surface area (Å²) in [6.07, 6.45) is 4.81. The summed E-state index contributed by atoms with van der Waals surface area (Å²) >= 11 is 0. The fourth-order valence-electron chi connectivity index (χ4n) is 2.96. The van der Waals surface area contributed by atoms with Crippen molar-refractivity contribution in [2.45, 2.75) is 13.1 Å². The quantitative estimate of drug-likeness (QED) is 0.581. The van der Waals surface area contributed by atoms with Crippen molar-refractivity contribution in [3.05, 3.63) is 100 Å². The topological polar surface area (TPSA) is 89.8 Å². The van der Waals surface area contributed by atoms with Crippen molar-refractivity contribution >= 4 is 16.7 Å². The molecule has 7 heteroatoms. The Morgan fingerprint density at radius 3 is 2.43 bits per heavy atom. The number of nitrogens with one attached hydrogen (secondary N) is 1. The first-order chi connectivity index (χ1) is 13.7. The van der Waals surface area contributed by atoms with Gasteiger partial charge in [0, 0.05) is 29.5 Å². The molecule has 0 aliphatic rings. The lowest BCUT2D eigenvalue weighted by Gasteiger charge is -2.12. The van der Waals surface area contributed by atoms with Crippen molar-refractivity contribution in [3.63, 3.8) is 0 Å². The van der Waals surface area contributed by atoms with Gasteiger partial charge in [-0.25, -0.2) is 4.68 Å². The van der Waals surface area contributed by atoms with Gasteiger partial charge >= 0.3 is 0 Å². The molecule has 4 rings (SSSR count). The largest absolute Gasteiger partial charge is 0.346 e. The molecular weight excluding hydrogens is 354 g/mol. The maximum absolute atomic E-state index is 12.8. The van der Waals surface area contributed by atoms with Gasteiger partial charge in [-0.2, -0.15) is 5.10 Å². The first-order valence-corrected chi connectivity index (χ1v) is 8.79. The standard InChI is InChI=1S/C21H17N5O2/c27-20(15-8-11-22-12-9-15)24-13-19-17-6-1-2-7-18(17)21(28)26(25-19)14-16-5-3-4-10-23-16/h1-12H,13-14H2,(H,24,27). The summed E-state index contributed by atoms with van der Waals surface area (Å²) in [4.78, 5) is 33.4. The second-order valence-electron chi connectivity index (χ2n) is 6.19. The van der Waals surface area contributed by atoms with Crippen molar-refractivity contribution < 1.29 is 4.79 Å². The van der Waals surface area contributed by atoms with Crippen LogP contribution in [0.3, 0.4) is 0 Å². The molecule has 0 unspecified atom stereocenters. The van der Waals surface area contributed by atoms with Gasteiger partial charge in [0.05, 0.1) is 29.9 Å². The summed E-state index contributed by atoms with van der Waals surface area (Å²) in [6.45, 7) is 0.458. The van der Waals surface area contributed by atoms with Gasteiger partial charge in [-0.1, -0.05) is 24.3 Å². The molecule has 0 saturated carbocycles. The maximum atomic E-state index is 12.8. The number of pyridine rings is 2. The Kier molecular flexibility index (Phi) is 4.88. The molecule has 3 aromatic heterocycles. The Morgan fingerprint density at radius 1 is 0.929 bits per heavy atom. The summed E-state index contributed by atoms with van der Waals surface area (Å²) in [5, 5.41) is 8.64. The van der Waals surface area contributed by atoms with Crippen molar-refractivity contribution in [1.82, 2.24) is 25.1 Å². The Balaban J connectivity index is 1.68. The molecule has 1 amide bonds. The zero-order valence-corrected chi connectivity index (χ0v) is 14.9. The normalized spacial score (nSPS) is 10.7. The van der Waals surface area contributed by atoms with Crippen LogP contribution in [0.1, 0.15) is 21.7 Å². The molecular formula is C21H17N5O2. The summed E-state index contributed by atoms with van der Waals surface area (Å²) in [7, 11) is 0. The van der Waals surface area contributed by atoms with Gasteiger partial charge in [0.15, 0.2) is 0 Å². The monoisotopic (exact) mass is 371 g/mol. The van der Waals surface area contributed by atoms with Gasteiger partial charge < -0.3 is 5.32 Å². The van der Waals surface area contributed by atoms with Crippen LogP contribution < -0.4 is 10.9 Å². The number of carbonyl (C=O) groups is 1. The van der Waals surface area contributed by atoms with E-state index in [-0.39, 0.29) is 24.6 Å². The van der Waals surface area contributed by atoms with Crippen LogP contribution in [0.25, 0.3) is 10.8 Å². The highest BCUT2D eigenvalue weighted by Gasteiger charge is 2.12. The van der Waals surface area contributed by atoms with Crippen LogP contribution in [-0.4, -0.2) is 25.7 Å². The van der Waals surface area contributed by atoms with E-state index < -0.39 is 0 Å². The lowest BCUT2D eigenvalue weighted by molar-refractivity contribution is 0.0950. The van der Waals surface area contributed by atoms with Crippen molar-refractivity contribution in [1.29, 1.82) is 0 Å². The molecule has 0 bridgehead atoms. The van der Waals surface area contributed by atoms with E-state index in [2.05, 4.69) is 20.4 Å². The molecule has 0 saturated heterocycles. The van der Waals surface area contributed by atoms with E-state index in [1.807, 2.05) is 36.4 Å². The number of nitrogens with zero attached hydrogens (tertiary/aromatic N) is 4. The number of amides is 1. The number of benzene rings is 1. The summed E-state index contributed by atoms with van der Waals surface area (Å²) in [5.74, 6) is -0.226. The number of hydrogen-bond donors (Lipinski definition) is 1. The maximum Gasteiger partial charge on any atom is 0.275 e. The fourth-order valence-corrected chi connectivity index (χ4v) is 2.96. The predicted molar refractivity (Wildman–Crippen MR) is 105 cm³/mol. The van der Waals surface area contributed by atoms with Gasteiger partial charge in [0.2, 0.25) is 0 Å². The van der Waals surface area contributed by atoms with Gasteiger partial charge in [0.1, 0.15) is 0 Å². The highest BCUT2D eigenvalue weighted by molar-refractivity contribution is 5.94. The Hall–Kier alpha value is -3.87. The molecule has 1 N–H and O–H groups in total. The average Bonchev–Trinajstić information content (AvgIpc) is 2.76. The Bertz CT molecular complexity index is 1170. The van der Waals surface area contributed by atoms with E-state index in [0.717, 1.165) is 11.1 Å². The smallest absolute Gasteiger partial charge is 0.275 e. The highest BCUT2D eigenvalue weighted by Crippen LogP contribution is 2.14. The molecule has 0 spiro atoms. The van der Waals surface area contributed by atoms with Crippen molar-refractivity contribution in [3.8, 4) is 0 Å². The van der Waals surface area contributed by atoms with Crippen LogP contribution in [0.5, 0.6) is 0 Å². The van der Waals surface area contributed by atoms with E-state index in [1.165, 1.54) is 4.68 Å². The molecule has 0 atom stereocenters. The first kappa shape index (κ1) is 17.5. The molecule has 0 aliphatic heterocycles. The SMILES string of the molecule is O=C(NCc1nn(Cc2ccccn2)c(=O)c2ccccc12)c1ccncc1. The zero-order chi connectivity index (χ0) is 19.3. The third-order valence-electron chi connectivity index (χ3n) is 4.34. The molecule has 0 aliphatic carbocycles. The molecule has 28 heavy (non-hydrogen) atoms. The van der Waals surface area contributed by atoms with E-state index in [1.54, 1.807) is 36.8 Å². The van der Waals surface area contributed by atoms with Gasteiger partial charge in [-0.3, -0.25) is 19.6 Å². The van der Waals surface area contributed by atoms with E-state index >= 15 is 0 Å². The number of aromatic nitrogens is 4. The minimum atomic E-state index is -0.226. The van der Waals surface area contributed by atoms with Crippen LogP contribution in [0.2, 0.25) is 0 Å². The number of rotatable bonds is 5. The molecule has 0 fully saturated rings. The number of carbonyl (C=O) groups excluding carboxylic acids is 1. The fraction of sp³-hybridized carbons (Fsp3) is 0.0952. The molecule has 0 radical (unpaired) electrons. The average molecular weight is 371 g/mol. The Morgan fingerprint density at radius 2 is 1.68 bits per heavy atom. The summed E-state index contributed by atoms with van der Waals surface area (Å²) in [5.41, 5.74) is 1.68. The lowest BCUT2D eigenvalue weighted by Crippen LogP contribution is -2.29. The zero-order valence-electron chi connectivity index (χ0n) is 14.9. The second kappa shape index (κ2) is 7.79. The molecule has 7 nitrogen and oxygen atoms in total. The lowest BCUT2D eigenvalue weighted by atomic mass is 10.1. The summed E-state index contributed by atoms with van der Waals surface area (Å²) in [6, 6.07) is 16.1. The molecule has 138 valence electrons. The highest BCUT2D eigenvalue weighted by atomic mass is 16.1. The minimum absolute atomic E-state index is 0.189. The number of fused-ring (bicyclic) bond motifs is 1. The first-order valence-electron chi connectivity index (χ1n) is 8.79. The predicted octanol–water partition coefficient (Wildman–Crippen LogP) is 2.16. The van der Waals surface area contributed by atoms with Crippen LogP contribution in [-0.2, 0) is 13.1 Å². The van der Waals surface area contributed by atoms with Crippen LogP contribution in [0, 0.1) is 0 Å². The summed E-state index contributed by atoms with van der Waals surface area (Å²) < 4.78 is 1.39. The second-order valence-corrected chi connectivity index (χ2v) is 6.19. The number of hydrogen-bond acceptors (Lipinski definition) is 5. The van der Waals surface area contributed by atoms with Crippen LogP contribution >= 0.6 is 0 Å². The van der Waals surface area contributed by atoms with E-state index in [9.17, 15) is 9.59 Å². The van der Waals surface area contributed by atoms with Crippen LogP contribution in [0.4, 0.5) is 0 Å². The van der Waals surface area contributed by atoms with Crippen LogP contribution in [0.15, 0.2) is 78.0 Å². The third-order valence-corrected chi connectivity index (χ3v) is 4.34. The van der Waals surface area contributed by atoms with E-state index in [0.29, 0.717) is 16.6 Å². The van der Waals surface area contributed by atoms with Crippen molar-refractivity contribution in [2.24, 2.45) is 0 Å². The van der Waals surface area contributed by atoms with Gasteiger partial charge in [0.25, 0.3) is 11.5 Å². The van der Waals surface area contributed by atoms with Gasteiger partial charge in [-0.05, 0) is 30.3 Å². The minimum Gasteiger partial charge on any atom is -0.346 e.